The number of hydrogen-bond acceptors (Lipinski definition) is 5. The number of aromatic amines is 1. The number of nitro benzene ring substituents is 1. The summed E-state index contributed by atoms with van der Waals surface area (Å²) in [7, 11) is 0. The number of benzene rings is 1. The second-order valence-electron chi connectivity index (χ2n) is 5.68. The van der Waals surface area contributed by atoms with Gasteiger partial charge in [0.15, 0.2) is 5.65 Å². The van der Waals surface area contributed by atoms with Gasteiger partial charge in [0.25, 0.3) is 11.6 Å². The quantitative estimate of drug-likeness (QED) is 0.576. The molecule has 0 fully saturated rings. The number of rotatable bonds is 2. The maximum atomic E-state index is 12.9. The summed E-state index contributed by atoms with van der Waals surface area (Å²) in [6, 6.07) is 6.56. The van der Waals surface area contributed by atoms with Crippen LogP contribution in [0.1, 0.15) is 21.6 Å². The normalized spacial score (nSPS) is 13.3. The Labute approximate surface area is 136 Å². The van der Waals surface area contributed by atoms with Crippen molar-refractivity contribution in [2.24, 2.45) is 0 Å². The molecule has 0 unspecified atom stereocenters. The molecule has 1 aliphatic rings. The van der Waals surface area contributed by atoms with E-state index in [1.807, 2.05) is 6.92 Å². The number of aryl methyl sites for hydroxylation is 1. The summed E-state index contributed by atoms with van der Waals surface area (Å²) in [6.07, 6.45) is 1.96. The van der Waals surface area contributed by atoms with E-state index in [4.69, 9.17) is 0 Å². The number of aromatic nitrogens is 3. The van der Waals surface area contributed by atoms with Crippen LogP contribution < -0.4 is 4.90 Å². The Balaban J connectivity index is 1.75. The molecule has 1 aromatic carbocycles. The van der Waals surface area contributed by atoms with Crippen molar-refractivity contribution < 1.29 is 9.72 Å². The van der Waals surface area contributed by atoms with Gasteiger partial charge in [0.2, 0.25) is 0 Å². The van der Waals surface area contributed by atoms with Crippen LogP contribution in [0.5, 0.6) is 0 Å². The van der Waals surface area contributed by atoms with Gasteiger partial charge in [-0.05, 0) is 25.5 Å². The lowest BCUT2D eigenvalue weighted by Gasteiger charge is -2.17. The molecule has 8 heteroatoms. The highest BCUT2D eigenvalue weighted by Gasteiger charge is 2.31. The predicted octanol–water partition coefficient (Wildman–Crippen LogP) is 2.38. The summed E-state index contributed by atoms with van der Waals surface area (Å²) < 4.78 is 0. The minimum atomic E-state index is -0.407. The van der Waals surface area contributed by atoms with Gasteiger partial charge in [-0.15, -0.1) is 0 Å². The second-order valence-corrected chi connectivity index (χ2v) is 5.68. The van der Waals surface area contributed by atoms with E-state index in [9.17, 15) is 14.9 Å². The summed E-state index contributed by atoms with van der Waals surface area (Å²) in [5.74, 6) is -0.218. The minimum Gasteiger partial charge on any atom is -0.307 e. The zero-order chi connectivity index (χ0) is 16.8. The Morgan fingerprint density at radius 3 is 3.04 bits per heavy atom. The Bertz CT molecular complexity index is 995. The monoisotopic (exact) mass is 323 g/mol. The molecule has 0 bridgehead atoms. The first-order valence-electron chi connectivity index (χ1n) is 7.45. The minimum absolute atomic E-state index is 0.0575. The van der Waals surface area contributed by atoms with E-state index in [2.05, 4.69) is 15.2 Å². The third-order valence-corrected chi connectivity index (χ3v) is 4.29. The highest BCUT2D eigenvalue weighted by Crippen LogP contribution is 2.35. The van der Waals surface area contributed by atoms with Crippen LogP contribution in [0.15, 0.2) is 30.5 Å². The molecule has 0 radical (unpaired) electrons. The van der Waals surface area contributed by atoms with Crippen LogP contribution in [0, 0.1) is 17.0 Å². The van der Waals surface area contributed by atoms with Crippen LogP contribution in [0.2, 0.25) is 0 Å². The van der Waals surface area contributed by atoms with Crippen molar-refractivity contribution in [3.8, 4) is 0 Å². The SMILES string of the molecule is Cc1[nH]nc2ncc(C(=O)N3CCc4c3cccc4[N+](=O)[O-])cc12. The van der Waals surface area contributed by atoms with Gasteiger partial charge in [0.1, 0.15) is 0 Å². The zero-order valence-electron chi connectivity index (χ0n) is 12.8. The van der Waals surface area contributed by atoms with Crippen molar-refractivity contribution in [2.75, 3.05) is 11.4 Å². The van der Waals surface area contributed by atoms with Gasteiger partial charge in [-0.1, -0.05) is 6.07 Å². The summed E-state index contributed by atoms with van der Waals surface area (Å²) in [4.78, 5) is 29.4. The largest absolute Gasteiger partial charge is 0.307 e. The van der Waals surface area contributed by atoms with Crippen molar-refractivity contribution in [3.63, 3.8) is 0 Å². The summed E-state index contributed by atoms with van der Waals surface area (Å²) in [5, 5.41) is 18.8. The van der Waals surface area contributed by atoms with Crippen LogP contribution in [0.25, 0.3) is 11.0 Å². The molecular weight excluding hydrogens is 310 g/mol. The van der Waals surface area contributed by atoms with Crippen LogP contribution in [0.4, 0.5) is 11.4 Å². The Morgan fingerprint density at radius 1 is 1.42 bits per heavy atom. The average Bonchev–Trinajstić information content (AvgIpc) is 3.17. The maximum absolute atomic E-state index is 12.9. The first kappa shape index (κ1) is 14.3. The molecule has 24 heavy (non-hydrogen) atoms. The number of anilines is 1. The predicted molar refractivity (Wildman–Crippen MR) is 87.1 cm³/mol. The van der Waals surface area contributed by atoms with E-state index in [0.29, 0.717) is 35.4 Å². The number of fused-ring (bicyclic) bond motifs is 2. The summed E-state index contributed by atoms with van der Waals surface area (Å²) >= 11 is 0. The highest BCUT2D eigenvalue weighted by atomic mass is 16.6. The lowest BCUT2D eigenvalue weighted by molar-refractivity contribution is -0.385. The van der Waals surface area contributed by atoms with E-state index in [0.717, 1.165) is 11.1 Å². The number of amides is 1. The fourth-order valence-electron chi connectivity index (χ4n) is 3.09. The number of pyridine rings is 1. The highest BCUT2D eigenvalue weighted by molar-refractivity contribution is 6.08. The third-order valence-electron chi connectivity index (χ3n) is 4.29. The van der Waals surface area contributed by atoms with Crippen molar-refractivity contribution >= 4 is 28.3 Å². The second kappa shape index (κ2) is 5.12. The topological polar surface area (TPSA) is 105 Å². The maximum Gasteiger partial charge on any atom is 0.274 e. The average molecular weight is 323 g/mol. The smallest absolute Gasteiger partial charge is 0.274 e. The molecule has 0 atom stereocenters. The van der Waals surface area contributed by atoms with Gasteiger partial charge in [0, 0.05) is 29.9 Å². The fraction of sp³-hybridized carbons (Fsp3) is 0.188. The third kappa shape index (κ3) is 2.03. The van der Waals surface area contributed by atoms with Crippen molar-refractivity contribution in [2.45, 2.75) is 13.3 Å². The molecule has 0 spiro atoms. The van der Waals surface area contributed by atoms with Gasteiger partial charge < -0.3 is 4.90 Å². The fourth-order valence-corrected chi connectivity index (χ4v) is 3.09. The van der Waals surface area contributed by atoms with E-state index in [1.54, 1.807) is 23.1 Å². The molecule has 0 aliphatic carbocycles. The van der Waals surface area contributed by atoms with E-state index in [-0.39, 0.29) is 11.6 Å². The number of hydrogen-bond donors (Lipinski definition) is 1. The number of H-pyrrole nitrogens is 1. The van der Waals surface area contributed by atoms with Gasteiger partial charge in [-0.2, -0.15) is 5.10 Å². The molecule has 3 aromatic rings. The first-order chi connectivity index (χ1) is 11.6. The number of nitrogens with one attached hydrogen (secondary N) is 1. The Kier molecular flexibility index (Phi) is 3.05. The molecular formula is C16H13N5O3. The van der Waals surface area contributed by atoms with E-state index >= 15 is 0 Å². The van der Waals surface area contributed by atoms with Crippen LogP contribution in [-0.2, 0) is 6.42 Å². The van der Waals surface area contributed by atoms with Crippen molar-refractivity contribution in [1.29, 1.82) is 0 Å². The number of nitro groups is 1. The number of nitrogens with zero attached hydrogens (tertiary/aromatic N) is 4. The molecule has 0 saturated carbocycles. The van der Waals surface area contributed by atoms with Crippen LogP contribution >= 0.6 is 0 Å². The van der Waals surface area contributed by atoms with E-state index in [1.165, 1.54) is 12.3 Å². The number of carbonyl (C=O) groups is 1. The molecule has 1 aliphatic heterocycles. The molecule has 1 amide bonds. The lowest BCUT2D eigenvalue weighted by Crippen LogP contribution is -2.28. The number of carbonyl (C=O) groups excluding carboxylic acids is 1. The molecule has 4 rings (SSSR count). The lowest BCUT2D eigenvalue weighted by atomic mass is 10.1. The summed E-state index contributed by atoms with van der Waals surface area (Å²) in [6.45, 7) is 2.28. The molecule has 1 N–H and O–H groups in total. The molecule has 8 nitrogen and oxygen atoms in total. The van der Waals surface area contributed by atoms with Gasteiger partial charge in [0.05, 0.1) is 21.7 Å². The Morgan fingerprint density at radius 2 is 2.25 bits per heavy atom. The molecule has 3 heterocycles. The molecule has 2 aromatic heterocycles. The molecule has 120 valence electrons. The van der Waals surface area contributed by atoms with Crippen molar-refractivity contribution in [1.82, 2.24) is 15.2 Å². The van der Waals surface area contributed by atoms with Crippen LogP contribution in [-0.4, -0.2) is 32.6 Å². The van der Waals surface area contributed by atoms with Gasteiger partial charge in [-0.25, -0.2) is 4.98 Å². The first-order valence-corrected chi connectivity index (χ1v) is 7.45. The molecule has 0 saturated heterocycles. The standard InChI is InChI=1S/C16H13N5O3/c1-9-12-7-10(8-17-15(12)19-18-9)16(22)20-6-5-11-13(20)3-2-4-14(11)21(23)24/h2-4,7-8H,5-6H2,1H3,(H,17,18,19). The van der Waals surface area contributed by atoms with E-state index < -0.39 is 4.92 Å². The zero-order valence-corrected chi connectivity index (χ0v) is 12.8. The summed E-state index contributed by atoms with van der Waals surface area (Å²) in [5.41, 5.74) is 3.09. The van der Waals surface area contributed by atoms with Gasteiger partial charge >= 0.3 is 0 Å². The van der Waals surface area contributed by atoms with Crippen LogP contribution in [0.3, 0.4) is 0 Å². The van der Waals surface area contributed by atoms with Crippen molar-refractivity contribution in [3.05, 3.63) is 57.4 Å². The van der Waals surface area contributed by atoms with Gasteiger partial charge in [-0.3, -0.25) is 20.0 Å². The Hall–Kier alpha value is -3.29.